The third-order valence-electron chi connectivity index (χ3n) is 7.84. The summed E-state index contributed by atoms with van der Waals surface area (Å²) in [5, 5.41) is 3.47. The van der Waals surface area contributed by atoms with Crippen molar-refractivity contribution in [3.8, 4) is 0 Å². The Morgan fingerprint density at radius 1 is 1.14 bits per heavy atom. The molecule has 36 heavy (non-hydrogen) atoms. The summed E-state index contributed by atoms with van der Waals surface area (Å²) in [5.74, 6) is 1.46. The summed E-state index contributed by atoms with van der Waals surface area (Å²) in [6.07, 6.45) is 3.46. The Morgan fingerprint density at radius 2 is 1.89 bits per heavy atom. The molecule has 1 unspecified atom stereocenters. The zero-order chi connectivity index (χ0) is 25.4. The number of nitrogens with zero attached hydrogens (tertiary/aromatic N) is 4. The Bertz CT molecular complexity index is 1370. The fraction of sp³-hybridized carbons (Fsp3) is 0.480. The highest BCUT2D eigenvalue weighted by Gasteiger charge is 2.54. The SMILES string of the molecule is CC1(C)C(=O)N(c2ccc3c(c2)N(S(C)(=O)=O)CC3)C(=O)N1Cc1ccnc(NC2[C@H]3COC[C@@H]23)c1. The van der Waals surface area contributed by atoms with Gasteiger partial charge in [0.2, 0.25) is 10.0 Å². The van der Waals surface area contributed by atoms with Crippen LogP contribution in [0.5, 0.6) is 0 Å². The second-order valence-corrected chi connectivity index (χ2v) is 12.5. The lowest BCUT2D eigenvalue weighted by Crippen LogP contribution is -2.43. The van der Waals surface area contributed by atoms with Crippen molar-refractivity contribution in [2.24, 2.45) is 11.8 Å². The van der Waals surface area contributed by atoms with E-state index in [0.29, 0.717) is 42.2 Å². The van der Waals surface area contributed by atoms with E-state index in [0.717, 1.165) is 41.3 Å². The molecule has 1 aliphatic carbocycles. The van der Waals surface area contributed by atoms with E-state index in [2.05, 4.69) is 10.3 Å². The van der Waals surface area contributed by atoms with E-state index in [1.54, 1.807) is 43.1 Å². The average molecular weight is 512 g/mol. The van der Waals surface area contributed by atoms with Crippen molar-refractivity contribution in [3.63, 3.8) is 0 Å². The van der Waals surface area contributed by atoms with Crippen LogP contribution in [0.4, 0.5) is 22.0 Å². The van der Waals surface area contributed by atoms with Gasteiger partial charge in [-0.05, 0) is 55.7 Å². The van der Waals surface area contributed by atoms with Crippen LogP contribution in [0.2, 0.25) is 0 Å². The minimum atomic E-state index is -3.46. The molecule has 3 fully saturated rings. The van der Waals surface area contributed by atoms with Gasteiger partial charge < -0.3 is 15.0 Å². The molecular weight excluding hydrogens is 482 g/mol. The van der Waals surface area contributed by atoms with E-state index in [1.807, 2.05) is 12.1 Å². The first-order valence-electron chi connectivity index (χ1n) is 12.1. The molecule has 3 amide bonds. The summed E-state index contributed by atoms with van der Waals surface area (Å²) in [6.45, 7) is 5.61. The van der Waals surface area contributed by atoms with Crippen LogP contribution in [0.3, 0.4) is 0 Å². The molecule has 1 N–H and O–H groups in total. The normalized spacial score (nSPS) is 26.4. The number of hydrogen-bond donors (Lipinski definition) is 1. The molecule has 10 nitrogen and oxygen atoms in total. The lowest BCUT2D eigenvalue weighted by Gasteiger charge is -2.27. The predicted molar refractivity (Wildman–Crippen MR) is 134 cm³/mol. The maximum absolute atomic E-state index is 13.6. The summed E-state index contributed by atoms with van der Waals surface area (Å²) in [7, 11) is -3.46. The van der Waals surface area contributed by atoms with Gasteiger partial charge in [0, 0.05) is 37.2 Å². The number of imide groups is 1. The number of amides is 3. The molecule has 0 bridgehead atoms. The van der Waals surface area contributed by atoms with Gasteiger partial charge in [-0.15, -0.1) is 0 Å². The predicted octanol–water partition coefficient (Wildman–Crippen LogP) is 2.21. The third kappa shape index (κ3) is 3.64. The fourth-order valence-corrected chi connectivity index (χ4v) is 6.56. The number of fused-ring (bicyclic) bond motifs is 2. The summed E-state index contributed by atoms with van der Waals surface area (Å²) in [4.78, 5) is 34.2. The van der Waals surface area contributed by atoms with Crippen LogP contribution in [0.1, 0.15) is 25.0 Å². The van der Waals surface area contributed by atoms with Gasteiger partial charge in [-0.25, -0.2) is 23.1 Å². The van der Waals surface area contributed by atoms with Crippen molar-refractivity contribution >= 4 is 39.2 Å². The number of nitrogens with one attached hydrogen (secondary N) is 1. The van der Waals surface area contributed by atoms with E-state index in [9.17, 15) is 18.0 Å². The monoisotopic (exact) mass is 511 g/mol. The molecule has 4 aliphatic rings. The molecule has 0 spiro atoms. The molecule has 2 saturated heterocycles. The number of sulfonamides is 1. The van der Waals surface area contributed by atoms with Crippen molar-refractivity contribution in [1.29, 1.82) is 0 Å². The van der Waals surface area contributed by atoms with E-state index < -0.39 is 21.6 Å². The first-order chi connectivity index (χ1) is 17.1. The molecule has 1 saturated carbocycles. The van der Waals surface area contributed by atoms with Gasteiger partial charge >= 0.3 is 6.03 Å². The molecule has 1 aromatic heterocycles. The highest BCUT2D eigenvalue weighted by molar-refractivity contribution is 7.92. The van der Waals surface area contributed by atoms with E-state index in [1.165, 1.54) is 4.31 Å². The van der Waals surface area contributed by atoms with Crippen LogP contribution < -0.4 is 14.5 Å². The molecule has 0 radical (unpaired) electrons. The topological polar surface area (TPSA) is 112 Å². The summed E-state index contributed by atoms with van der Waals surface area (Å²) in [6, 6.07) is 8.84. The Kier molecular flexibility index (Phi) is 5.10. The Morgan fingerprint density at radius 3 is 2.61 bits per heavy atom. The van der Waals surface area contributed by atoms with E-state index in [-0.39, 0.29) is 12.5 Å². The summed E-state index contributed by atoms with van der Waals surface area (Å²) >= 11 is 0. The maximum atomic E-state index is 13.6. The minimum absolute atomic E-state index is 0.242. The molecule has 3 atom stereocenters. The molecular formula is C25H29N5O5S. The van der Waals surface area contributed by atoms with Gasteiger partial charge in [-0.1, -0.05) is 6.07 Å². The largest absolute Gasteiger partial charge is 0.381 e. The first kappa shape index (κ1) is 23.2. The number of benzene rings is 1. The second-order valence-electron chi connectivity index (χ2n) is 10.6. The molecule has 6 rings (SSSR count). The lowest BCUT2D eigenvalue weighted by molar-refractivity contribution is -0.123. The Labute approximate surface area is 210 Å². The van der Waals surface area contributed by atoms with Crippen molar-refractivity contribution in [3.05, 3.63) is 47.7 Å². The quantitative estimate of drug-likeness (QED) is 0.592. The molecule has 4 heterocycles. The number of rotatable bonds is 6. The molecule has 2 aromatic rings. The van der Waals surface area contributed by atoms with Crippen LogP contribution in [-0.2, 0) is 32.5 Å². The van der Waals surface area contributed by atoms with Gasteiger partial charge in [0.15, 0.2) is 0 Å². The van der Waals surface area contributed by atoms with Gasteiger partial charge in [0.05, 0.1) is 30.8 Å². The van der Waals surface area contributed by atoms with Crippen LogP contribution in [0.15, 0.2) is 36.5 Å². The number of anilines is 3. The van der Waals surface area contributed by atoms with Crippen molar-refractivity contribution in [1.82, 2.24) is 9.88 Å². The number of hydrogen-bond acceptors (Lipinski definition) is 7. The van der Waals surface area contributed by atoms with Crippen LogP contribution in [-0.4, -0.2) is 67.8 Å². The Balaban J connectivity index is 1.24. The third-order valence-corrected chi connectivity index (χ3v) is 9.02. The average Bonchev–Trinajstić information content (AvgIpc) is 3.18. The van der Waals surface area contributed by atoms with Crippen LogP contribution in [0, 0.1) is 11.8 Å². The van der Waals surface area contributed by atoms with E-state index >= 15 is 0 Å². The van der Waals surface area contributed by atoms with Crippen LogP contribution >= 0.6 is 0 Å². The number of carbonyl (C=O) groups excluding carboxylic acids is 2. The standard InChI is InChI=1S/C25H29N5O5S/c1-25(2)23(31)30(17-5-4-16-7-9-29(20(16)11-17)36(3,33)34)24(32)28(25)12-15-6-8-26-21(10-15)27-22-18-13-35-14-19(18)22/h4-6,8,10-11,18-19,22H,7,9,12-14H2,1-3H3,(H,26,27)/t18-,19+,22?. The summed E-state index contributed by atoms with van der Waals surface area (Å²) in [5.41, 5.74) is 1.56. The highest BCUT2D eigenvalue weighted by Crippen LogP contribution is 2.46. The number of aromatic nitrogens is 1. The van der Waals surface area contributed by atoms with Crippen molar-refractivity contribution in [2.45, 2.75) is 38.4 Å². The highest BCUT2D eigenvalue weighted by atomic mass is 32.2. The van der Waals surface area contributed by atoms with E-state index in [4.69, 9.17) is 4.74 Å². The number of pyridine rings is 1. The fourth-order valence-electron chi connectivity index (χ4n) is 5.61. The molecule has 190 valence electrons. The first-order valence-corrected chi connectivity index (χ1v) is 14.0. The number of ether oxygens (including phenoxy) is 1. The lowest BCUT2D eigenvalue weighted by atomic mass is 10.0. The molecule has 1 aromatic carbocycles. The van der Waals surface area contributed by atoms with Gasteiger partial charge in [0.25, 0.3) is 5.91 Å². The number of urea groups is 1. The Hall–Kier alpha value is -3.18. The zero-order valence-electron chi connectivity index (χ0n) is 20.5. The van der Waals surface area contributed by atoms with Gasteiger partial charge in [-0.3, -0.25) is 9.10 Å². The molecule has 3 aliphatic heterocycles. The smallest absolute Gasteiger partial charge is 0.332 e. The number of carbonyl (C=O) groups is 2. The van der Waals surface area contributed by atoms with Gasteiger partial charge in [0.1, 0.15) is 11.4 Å². The summed E-state index contributed by atoms with van der Waals surface area (Å²) < 4.78 is 31.2. The van der Waals surface area contributed by atoms with Crippen molar-refractivity contribution < 1.29 is 22.7 Å². The van der Waals surface area contributed by atoms with Crippen molar-refractivity contribution in [2.75, 3.05) is 40.5 Å². The van der Waals surface area contributed by atoms with Gasteiger partial charge in [-0.2, -0.15) is 0 Å². The maximum Gasteiger partial charge on any atom is 0.332 e. The van der Waals surface area contributed by atoms with Crippen LogP contribution in [0.25, 0.3) is 0 Å². The minimum Gasteiger partial charge on any atom is -0.381 e. The molecule has 11 heteroatoms. The second kappa shape index (κ2) is 7.91. The zero-order valence-corrected chi connectivity index (χ0v) is 21.3.